The molecule has 0 bridgehead atoms. The van der Waals surface area contributed by atoms with Crippen molar-refractivity contribution in [2.24, 2.45) is 4.99 Å². The third-order valence-corrected chi connectivity index (χ3v) is 3.72. The minimum Gasteiger partial charge on any atom is -0.278 e. The summed E-state index contributed by atoms with van der Waals surface area (Å²) in [5.74, 6) is 1.33. The molecule has 0 spiro atoms. The Kier molecular flexibility index (Phi) is 2.70. The Morgan fingerprint density at radius 2 is 1.90 bits per heavy atom. The van der Waals surface area contributed by atoms with Gasteiger partial charge in [0.25, 0.3) is 5.91 Å². The van der Waals surface area contributed by atoms with E-state index in [1.54, 1.807) is 17.2 Å². The molecule has 21 heavy (non-hydrogen) atoms. The van der Waals surface area contributed by atoms with Gasteiger partial charge in [-0.3, -0.25) is 19.6 Å². The molecule has 0 fully saturated rings. The van der Waals surface area contributed by atoms with Gasteiger partial charge in [0, 0.05) is 19.3 Å². The highest BCUT2D eigenvalue weighted by Crippen LogP contribution is 2.33. The van der Waals surface area contributed by atoms with Crippen LogP contribution in [-0.4, -0.2) is 34.8 Å². The van der Waals surface area contributed by atoms with Crippen molar-refractivity contribution < 1.29 is 4.79 Å². The molecule has 4 rings (SSSR count). The summed E-state index contributed by atoms with van der Waals surface area (Å²) in [6, 6.07) is 13.5. The fraction of sp³-hybridized carbons (Fsp3) is 0.188. The number of hydrogen-bond donors (Lipinski definition) is 0. The van der Waals surface area contributed by atoms with Gasteiger partial charge in [-0.25, -0.2) is 4.98 Å². The highest BCUT2D eigenvalue weighted by Gasteiger charge is 2.37. The first-order valence-electron chi connectivity index (χ1n) is 7.03. The van der Waals surface area contributed by atoms with Crippen molar-refractivity contribution in [3.05, 3.63) is 54.2 Å². The first-order chi connectivity index (χ1) is 10.4. The lowest BCUT2D eigenvalue weighted by atomic mass is 10.1. The lowest BCUT2D eigenvalue weighted by Gasteiger charge is -2.39. The number of fused-ring (bicyclic) bond motifs is 2. The van der Waals surface area contributed by atoms with Crippen molar-refractivity contribution in [1.29, 1.82) is 0 Å². The van der Waals surface area contributed by atoms with E-state index in [1.165, 1.54) is 0 Å². The van der Waals surface area contributed by atoms with E-state index in [0.717, 1.165) is 18.7 Å². The molecule has 1 amide bonds. The molecule has 0 unspecified atom stereocenters. The van der Waals surface area contributed by atoms with Gasteiger partial charge in [0.1, 0.15) is 0 Å². The van der Waals surface area contributed by atoms with Gasteiger partial charge >= 0.3 is 0 Å². The Morgan fingerprint density at radius 1 is 1.05 bits per heavy atom. The highest BCUT2D eigenvalue weighted by molar-refractivity contribution is 6.20. The molecule has 5 heteroatoms. The average molecular weight is 278 g/mol. The van der Waals surface area contributed by atoms with Crippen molar-refractivity contribution in [2.75, 3.05) is 18.0 Å². The van der Waals surface area contributed by atoms with Crippen LogP contribution in [0.2, 0.25) is 0 Å². The number of nitrogens with zero attached hydrogens (tertiary/aromatic N) is 4. The van der Waals surface area contributed by atoms with E-state index in [-0.39, 0.29) is 5.91 Å². The second-order valence-electron chi connectivity index (χ2n) is 5.04. The number of aliphatic imine (C=N–C) groups is 1. The molecule has 2 aliphatic heterocycles. The van der Waals surface area contributed by atoms with Crippen LogP contribution in [0.25, 0.3) is 0 Å². The molecule has 0 N–H and O–H groups in total. The van der Waals surface area contributed by atoms with Crippen LogP contribution >= 0.6 is 0 Å². The summed E-state index contributed by atoms with van der Waals surface area (Å²) in [5, 5.41) is 0. The average Bonchev–Trinajstić information content (AvgIpc) is 2.56. The Morgan fingerprint density at radius 3 is 2.76 bits per heavy atom. The molecule has 0 saturated carbocycles. The molecule has 0 radical (unpaired) electrons. The van der Waals surface area contributed by atoms with Crippen molar-refractivity contribution in [3.8, 4) is 0 Å². The number of guanidine groups is 1. The second kappa shape index (κ2) is 4.70. The van der Waals surface area contributed by atoms with Crippen LogP contribution in [0, 0.1) is 0 Å². The minimum atomic E-state index is -0.0104. The number of pyridine rings is 1. The lowest BCUT2D eigenvalue weighted by Crippen LogP contribution is -2.52. The summed E-state index contributed by atoms with van der Waals surface area (Å²) < 4.78 is 0. The van der Waals surface area contributed by atoms with Crippen LogP contribution in [0.1, 0.15) is 16.8 Å². The number of benzene rings is 1. The first-order valence-corrected chi connectivity index (χ1v) is 7.03. The van der Waals surface area contributed by atoms with Gasteiger partial charge in [-0.15, -0.1) is 0 Å². The molecule has 1 aromatic heterocycles. The predicted molar refractivity (Wildman–Crippen MR) is 80.8 cm³/mol. The summed E-state index contributed by atoms with van der Waals surface area (Å²) in [6.07, 6.45) is 2.61. The predicted octanol–water partition coefficient (Wildman–Crippen LogP) is 2.44. The smallest absolute Gasteiger partial charge is 0.264 e. The fourth-order valence-corrected chi connectivity index (χ4v) is 2.77. The monoisotopic (exact) mass is 278 g/mol. The van der Waals surface area contributed by atoms with Crippen LogP contribution in [0.15, 0.2) is 53.7 Å². The lowest BCUT2D eigenvalue weighted by molar-refractivity contribution is 0.0834. The number of aromatic nitrogens is 1. The van der Waals surface area contributed by atoms with Crippen LogP contribution in [0.3, 0.4) is 0 Å². The Labute approximate surface area is 122 Å². The van der Waals surface area contributed by atoms with Crippen molar-refractivity contribution in [3.63, 3.8) is 0 Å². The van der Waals surface area contributed by atoms with Crippen molar-refractivity contribution in [1.82, 2.24) is 9.88 Å². The van der Waals surface area contributed by atoms with Gasteiger partial charge in [0.05, 0.1) is 11.3 Å². The Bertz CT molecular complexity index is 726. The number of carbonyl (C=O) groups is 1. The topological polar surface area (TPSA) is 48.8 Å². The standard InChI is InChI=1S/C16H14N4O/c21-15-13-8-4-9-17-14(13)20(12-6-2-1-3-7-12)16-18-10-5-11-19(15)16/h1-4,6-9H,5,10-11H2. The molecule has 0 atom stereocenters. The van der Waals surface area contributed by atoms with Crippen LogP contribution in [-0.2, 0) is 0 Å². The maximum atomic E-state index is 12.6. The van der Waals surface area contributed by atoms with E-state index in [9.17, 15) is 4.79 Å². The minimum absolute atomic E-state index is 0.0104. The van der Waals surface area contributed by atoms with Gasteiger partial charge < -0.3 is 0 Å². The summed E-state index contributed by atoms with van der Waals surface area (Å²) >= 11 is 0. The number of para-hydroxylation sites is 1. The van der Waals surface area contributed by atoms with Gasteiger partial charge in [0.2, 0.25) is 5.96 Å². The molecular weight excluding hydrogens is 264 g/mol. The largest absolute Gasteiger partial charge is 0.278 e. The van der Waals surface area contributed by atoms with Gasteiger partial charge in [-0.1, -0.05) is 18.2 Å². The van der Waals surface area contributed by atoms with E-state index in [2.05, 4.69) is 9.98 Å². The molecule has 2 aromatic rings. The highest BCUT2D eigenvalue weighted by atomic mass is 16.2. The third kappa shape index (κ3) is 1.81. The molecule has 104 valence electrons. The van der Waals surface area contributed by atoms with Gasteiger partial charge in [0.15, 0.2) is 5.82 Å². The normalized spacial score (nSPS) is 17.1. The number of anilines is 2. The molecule has 0 aliphatic carbocycles. The van der Waals surface area contributed by atoms with Gasteiger partial charge in [-0.05, 0) is 30.7 Å². The van der Waals surface area contributed by atoms with Crippen molar-refractivity contribution >= 4 is 23.4 Å². The molecule has 0 saturated heterocycles. The zero-order chi connectivity index (χ0) is 14.2. The summed E-state index contributed by atoms with van der Waals surface area (Å²) in [4.78, 5) is 25.3. The summed E-state index contributed by atoms with van der Waals surface area (Å²) in [6.45, 7) is 1.44. The molecule has 5 nitrogen and oxygen atoms in total. The fourth-order valence-electron chi connectivity index (χ4n) is 2.77. The molecule has 2 aliphatic rings. The Balaban J connectivity index is 1.96. The zero-order valence-corrected chi connectivity index (χ0v) is 11.4. The number of rotatable bonds is 1. The van der Waals surface area contributed by atoms with E-state index >= 15 is 0 Å². The van der Waals surface area contributed by atoms with E-state index in [4.69, 9.17) is 0 Å². The number of amides is 1. The van der Waals surface area contributed by atoms with Gasteiger partial charge in [-0.2, -0.15) is 0 Å². The number of carbonyl (C=O) groups excluding carboxylic acids is 1. The molecule has 1 aromatic carbocycles. The molecular formula is C16H14N4O. The SMILES string of the molecule is O=C1c2cccnc2N(c2ccccc2)C2=NCCCN12. The van der Waals surface area contributed by atoms with Crippen LogP contribution < -0.4 is 4.90 Å². The zero-order valence-electron chi connectivity index (χ0n) is 11.4. The maximum absolute atomic E-state index is 12.6. The second-order valence-corrected chi connectivity index (χ2v) is 5.04. The van der Waals surface area contributed by atoms with E-state index < -0.39 is 0 Å². The van der Waals surface area contributed by atoms with Crippen molar-refractivity contribution in [2.45, 2.75) is 6.42 Å². The van der Waals surface area contributed by atoms with Crippen LogP contribution in [0.4, 0.5) is 11.5 Å². The van der Waals surface area contributed by atoms with E-state index in [1.807, 2.05) is 41.3 Å². The van der Waals surface area contributed by atoms with E-state index in [0.29, 0.717) is 23.9 Å². The quantitative estimate of drug-likeness (QED) is 0.805. The Hall–Kier alpha value is -2.69. The third-order valence-electron chi connectivity index (χ3n) is 3.72. The molecule has 3 heterocycles. The summed E-state index contributed by atoms with van der Waals surface area (Å²) in [5.41, 5.74) is 1.60. The summed E-state index contributed by atoms with van der Waals surface area (Å²) in [7, 11) is 0. The maximum Gasteiger partial charge on any atom is 0.264 e. The number of hydrogen-bond acceptors (Lipinski definition) is 4. The first kappa shape index (κ1) is 12.1. The van der Waals surface area contributed by atoms with Crippen LogP contribution in [0.5, 0.6) is 0 Å².